The van der Waals surface area contributed by atoms with E-state index in [4.69, 9.17) is 16.7 Å². The normalized spacial score (nSPS) is 14.2. The van der Waals surface area contributed by atoms with Gasteiger partial charge in [0, 0.05) is 6.20 Å². The number of alkyl halides is 4. The molecule has 1 N–H and O–H groups in total. The van der Waals surface area contributed by atoms with Gasteiger partial charge in [-0.2, -0.15) is 13.2 Å². The number of aromatic nitrogens is 1. The molecule has 13 heavy (non-hydrogen) atoms. The third-order valence-electron chi connectivity index (χ3n) is 1.36. The third kappa shape index (κ3) is 2.57. The molecule has 0 aliphatic carbocycles. The van der Waals surface area contributed by atoms with Crippen molar-refractivity contribution in [2.75, 3.05) is 0 Å². The average molecular weight is 212 g/mol. The maximum absolute atomic E-state index is 12.0. The van der Waals surface area contributed by atoms with Crippen molar-refractivity contribution < 1.29 is 18.3 Å². The first kappa shape index (κ1) is 10.3. The zero-order valence-electron chi connectivity index (χ0n) is 6.22. The number of aliphatic hydroxyl groups is 1. The Morgan fingerprint density at radius 2 is 2.00 bits per heavy atom. The van der Waals surface area contributed by atoms with Gasteiger partial charge in [-0.15, -0.1) is 0 Å². The summed E-state index contributed by atoms with van der Waals surface area (Å²) in [4.78, 5) is 3.34. The minimum absolute atomic E-state index is 0.00494. The summed E-state index contributed by atoms with van der Waals surface area (Å²) >= 11 is 5.18. The fourth-order valence-corrected chi connectivity index (χ4v) is 0.843. The monoisotopic (exact) mass is 211 g/mol. The van der Waals surface area contributed by atoms with Crippen molar-refractivity contribution in [1.82, 2.24) is 4.98 Å². The number of halogens is 4. The summed E-state index contributed by atoms with van der Waals surface area (Å²) in [7, 11) is 0. The minimum Gasteiger partial charge on any atom is -0.372 e. The van der Waals surface area contributed by atoms with E-state index in [1.54, 1.807) is 0 Å². The van der Waals surface area contributed by atoms with Crippen LogP contribution in [0.4, 0.5) is 13.2 Å². The Kier molecular flexibility index (Phi) is 2.77. The lowest BCUT2D eigenvalue weighted by Gasteiger charge is -2.06. The summed E-state index contributed by atoms with van der Waals surface area (Å²) in [6.07, 6.45) is -3.79. The lowest BCUT2D eigenvalue weighted by Crippen LogP contribution is -2.06. The fraction of sp³-hybridized carbons (Fsp3) is 0.286. The van der Waals surface area contributed by atoms with Crippen LogP contribution in [0.15, 0.2) is 18.3 Å². The largest absolute Gasteiger partial charge is 0.417 e. The molecule has 0 saturated carbocycles. The van der Waals surface area contributed by atoms with Crippen molar-refractivity contribution in [1.29, 1.82) is 0 Å². The van der Waals surface area contributed by atoms with Gasteiger partial charge in [0.05, 0.1) is 11.3 Å². The van der Waals surface area contributed by atoms with Crippen LogP contribution in [-0.4, -0.2) is 10.1 Å². The predicted molar refractivity (Wildman–Crippen MR) is 40.1 cm³/mol. The molecule has 1 aromatic rings. The van der Waals surface area contributed by atoms with Crippen molar-refractivity contribution in [3.8, 4) is 0 Å². The Morgan fingerprint density at radius 3 is 2.31 bits per heavy atom. The Morgan fingerprint density at radius 1 is 1.38 bits per heavy atom. The maximum Gasteiger partial charge on any atom is 0.417 e. The first-order chi connectivity index (χ1) is 5.91. The van der Waals surface area contributed by atoms with Crippen molar-refractivity contribution in [3.05, 3.63) is 29.6 Å². The molecule has 72 valence electrons. The maximum atomic E-state index is 12.0. The van der Waals surface area contributed by atoms with Gasteiger partial charge in [-0.3, -0.25) is 4.98 Å². The van der Waals surface area contributed by atoms with Crippen LogP contribution in [0.3, 0.4) is 0 Å². The van der Waals surface area contributed by atoms with Crippen LogP contribution in [0.1, 0.15) is 16.8 Å². The highest BCUT2D eigenvalue weighted by Crippen LogP contribution is 2.29. The molecule has 0 aliphatic heterocycles. The number of hydrogen-bond donors (Lipinski definition) is 1. The van der Waals surface area contributed by atoms with Gasteiger partial charge in [0.25, 0.3) is 0 Å². The van der Waals surface area contributed by atoms with Crippen LogP contribution in [0.2, 0.25) is 0 Å². The minimum atomic E-state index is -4.41. The Balaban J connectivity index is 2.94. The lowest BCUT2D eigenvalue weighted by atomic mass is 10.2. The van der Waals surface area contributed by atoms with Gasteiger partial charge in [0.2, 0.25) is 0 Å². The summed E-state index contributed by atoms with van der Waals surface area (Å²) in [5.41, 5.74) is -2.24. The number of pyridine rings is 1. The molecule has 0 aromatic carbocycles. The van der Waals surface area contributed by atoms with Crippen LogP contribution in [0.25, 0.3) is 0 Å². The first-order valence-electron chi connectivity index (χ1n) is 3.26. The van der Waals surface area contributed by atoms with E-state index in [0.717, 1.165) is 12.1 Å². The van der Waals surface area contributed by atoms with E-state index < -0.39 is 17.3 Å². The van der Waals surface area contributed by atoms with Crippen LogP contribution >= 0.6 is 11.6 Å². The fourth-order valence-electron chi connectivity index (χ4n) is 0.714. The van der Waals surface area contributed by atoms with E-state index in [-0.39, 0.29) is 5.69 Å². The molecule has 1 aromatic heterocycles. The topological polar surface area (TPSA) is 33.1 Å². The Labute approximate surface area is 77.0 Å². The number of rotatable bonds is 1. The van der Waals surface area contributed by atoms with Gasteiger partial charge >= 0.3 is 6.18 Å². The second kappa shape index (κ2) is 3.51. The number of nitrogens with zero attached hydrogens (tertiary/aromatic N) is 1. The molecule has 1 rings (SSSR count). The van der Waals surface area contributed by atoms with Crippen molar-refractivity contribution >= 4 is 11.6 Å². The standard InChI is InChI=1S/C7H5ClF3NO/c8-6(13)5-2-1-4(3-12-5)7(9,10)11/h1-3,6,13H. The molecule has 0 bridgehead atoms. The first-order valence-corrected chi connectivity index (χ1v) is 3.70. The molecular formula is C7H5ClF3NO. The van der Waals surface area contributed by atoms with Crippen molar-refractivity contribution in [3.63, 3.8) is 0 Å². The van der Waals surface area contributed by atoms with E-state index in [1.807, 2.05) is 0 Å². The van der Waals surface area contributed by atoms with E-state index >= 15 is 0 Å². The molecule has 0 radical (unpaired) electrons. The Bertz CT molecular complexity index is 283. The average Bonchev–Trinajstić information content (AvgIpc) is 2.03. The number of aliphatic hydroxyl groups excluding tert-OH is 1. The highest BCUT2D eigenvalue weighted by Gasteiger charge is 2.30. The van der Waals surface area contributed by atoms with Gasteiger partial charge in [-0.05, 0) is 12.1 Å². The molecule has 0 saturated heterocycles. The zero-order chi connectivity index (χ0) is 10.1. The molecule has 0 fully saturated rings. The van der Waals surface area contributed by atoms with E-state index in [1.165, 1.54) is 0 Å². The van der Waals surface area contributed by atoms with Gasteiger partial charge in [0.1, 0.15) is 0 Å². The smallest absolute Gasteiger partial charge is 0.372 e. The number of hydrogen-bond acceptors (Lipinski definition) is 2. The molecule has 1 atom stereocenters. The molecular weight excluding hydrogens is 207 g/mol. The van der Waals surface area contributed by atoms with Crippen LogP contribution < -0.4 is 0 Å². The molecule has 0 spiro atoms. The highest BCUT2D eigenvalue weighted by molar-refractivity contribution is 6.19. The summed E-state index contributed by atoms with van der Waals surface area (Å²) in [6.45, 7) is 0. The van der Waals surface area contributed by atoms with Crippen molar-refractivity contribution in [2.24, 2.45) is 0 Å². The highest BCUT2D eigenvalue weighted by atomic mass is 35.5. The van der Waals surface area contributed by atoms with Gasteiger partial charge in [0.15, 0.2) is 5.56 Å². The second-order valence-corrected chi connectivity index (χ2v) is 2.72. The summed E-state index contributed by atoms with van der Waals surface area (Å²) in [5.74, 6) is 0. The van der Waals surface area contributed by atoms with Crippen molar-refractivity contribution in [2.45, 2.75) is 11.7 Å². The van der Waals surface area contributed by atoms with Gasteiger partial charge in [-0.1, -0.05) is 11.6 Å². The summed E-state index contributed by atoms with van der Waals surface area (Å²) < 4.78 is 36.0. The van der Waals surface area contributed by atoms with Crippen LogP contribution in [0.5, 0.6) is 0 Å². The lowest BCUT2D eigenvalue weighted by molar-refractivity contribution is -0.137. The second-order valence-electron chi connectivity index (χ2n) is 2.31. The summed E-state index contributed by atoms with van der Waals surface area (Å²) in [5, 5.41) is 8.74. The molecule has 2 nitrogen and oxygen atoms in total. The molecule has 0 amide bonds. The molecule has 0 aliphatic rings. The molecule has 1 heterocycles. The van der Waals surface area contributed by atoms with Gasteiger partial charge < -0.3 is 5.11 Å². The zero-order valence-corrected chi connectivity index (χ0v) is 6.97. The van der Waals surface area contributed by atoms with E-state index in [0.29, 0.717) is 6.20 Å². The van der Waals surface area contributed by atoms with E-state index in [2.05, 4.69) is 4.98 Å². The quantitative estimate of drug-likeness (QED) is 0.724. The molecule has 6 heteroatoms. The SMILES string of the molecule is OC(Cl)c1ccc(C(F)(F)F)cn1. The van der Waals surface area contributed by atoms with Gasteiger partial charge in [-0.25, -0.2) is 0 Å². The summed E-state index contributed by atoms with van der Waals surface area (Å²) in [6, 6.07) is 1.84. The van der Waals surface area contributed by atoms with E-state index in [9.17, 15) is 13.2 Å². The predicted octanol–water partition coefficient (Wildman–Crippen LogP) is 2.33. The Hall–Kier alpha value is -0.810. The van der Waals surface area contributed by atoms with Crippen LogP contribution in [0, 0.1) is 0 Å². The third-order valence-corrected chi connectivity index (χ3v) is 1.58. The van der Waals surface area contributed by atoms with Crippen LogP contribution in [-0.2, 0) is 6.18 Å². The molecule has 1 unspecified atom stereocenters.